The van der Waals surface area contributed by atoms with Gasteiger partial charge in [0.25, 0.3) is 0 Å². The number of hydrogen-bond donors (Lipinski definition) is 2. The normalized spacial score (nSPS) is 11.0. The Labute approximate surface area is 630 Å². The lowest BCUT2D eigenvalue weighted by Gasteiger charge is -2.12. The lowest BCUT2D eigenvalue weighted by Crippen LogP contribution is -3.61. The first-order valence-electron chi connectivity index (χ1n) is 32.9. The molecule has 0 heterocycles. The predicted molar refractivity (Wildman–Crippen MR) is 388 cm³/mol. The monoisotopic (exact) mass is 1610 g/mol. The van der Waals surface area contributed by atoms with E-state index in [-0.39, 0.29) is 28.6 Å². The van der Waals surface area contributed by atoms with E-state index in [1.807, 2.05) is 6.07 Å². The Hall–Kier alpha value is -8.35. The molecular formula is C81H80B4F19IN2+. The van der Waals surface area contributed by atoms with E-state index in [9.17, 15) is 83.4 Å². The Kier molecular flexibility index (Phi) is 42.6. The van der Waals surface area contributed by atoms with Gasteiger partial charge in [-0.2, -0.15) is 0 Å². The highest BCUT2D eigenvalue weighted by atomic mass is 127. The lowest BCUT2D eigenvalue weighted by molar-refractivity contribution is -0.858. The summed E-state index contributed by atoms with van der Waals surface area (Å²) in [6, 6.07) is 49.6. The van der Waals surface area contributed by atoms with Gasteiger partial charge in [-0.15, -0.1) is 0 Å². The molecule has 0 saturated heterocycles. The zero-order valence-corrected chi connectivity index (χ0v) is 61.6. The maximum Gasteiger partial charge on any atom is 0.357 e. The molecule has 1 aliphatic rings. The molecule has 0 aromatic heterocycles. The second-order valence-corrected chi connectivity index (χ2v) is 27.1. The minimum Gasteiger partial charge on any atom is -0.572 e. The molecule has 565 valence electrons. The topological polar surface area (TPSA) is 8.88 Å². The molecule has 0 atom stereocenters. The fourth-order valence-corrected chi connectivity index (χ4v) is 11.1. The van der Waals surface area contributed by atoms with E-state index in [0.717, 1.165) is 6.92 Å². The zero-order valence-electron chi connectivity index (χ0n) is 59.5. The van der Waals surface area contributed by atoms with Crippen LogP contribution >= 0.6 is 0 Å². The summed E-state index contributed by atoms with van der Waals surface area (Å²) in [4.78, 5) is 2.96. The van der Waals surface area contributed by atoms with E-state index >= 15 is 0 Å². The van der Waals surface area contributed by atoms with Crippen molar-refractivity contribution in [3.63, 3.8) is 0 Å². The molecule has 10 rings (SSSR count). The standard InChI is InChI=1S/C19H15.C16H18I.C12H27N.C8H11N.C7H3BF4.3C6BF5.CH4/c1-4-10-16(11-5-1)19(17-12-6-2-7-13-17)18-14-8-3-9-15-18;1-12(2)14-6-10-16(11-7-14)17-15-8-4-13(3)5-9-15;1-4-5-6-7-8-9-10-11-12-13(2)3;1-9(2)8-6-4-3-5-7-8;1-2-4(9)6(11)3(8)7(12)5(2)10;3*7-1-2(8)4(10)6(12)5(11)3(1)9;/h1-15H;4-12H,1-3H3;4-12H2,1-3H3;3-7H,1-2H3;1H3;;;;1H4/q2*+1;;;;3*-1;/p+2. The van der Waals surface area contributed by atoms with E-state index in [1.165, 1.54) is 109 Å². The van der Waals surface area contributed by atoms with Gasteiger partial charge in [-0.05, 0) is 104 Å². The number of unbranched alkanes of at least 4 members (excludes halogenated alkanes) is 7. The molecule has 26 heteroatoms. The first-order valence-corrected chi connectivity index (χ1v) is 35.1. The first kappa shape index (κ1) is 94.7. The highest BCUT2D eigenvalue weighted by molar-refractivity contribution is 6.33. The zero-order chi connectivity index (χ0) is 79.7. The van der Waals surface area contributed by atoms with Crippen LogP contribution in [0.4, 0.5) is 89.1 Å². The summed E-state index contributed by atoms with van der Waals surface area (Å²) < 4.78 is 237. The van der Waals surface area contributed by atoms with Gasteiger partial charge in [0, 0.05) is 47.4 Å². The molecule has 0 aliphatic heterocycles. The predicted octanol–water partition coefficient (Wildman–Crippen LogP) is 14.3. The number of rotatable bonds is 15. The van der Waals surface area contributed by atoms with Gasteiger partial charge >= 0.3 is 21.2 Å². The number of hydrogen-bond acceptors (Lipinski definition) is 0. The van der Waals surface area contributed by atoms with Crippen LogP contribution in [0.5, 0.6) is 0 Å². The molecule has 107 heavy (non-hydrogen) atoms. The average Bonchev–Trinajstić information content (AvgIpc) is 0.827. The number of halogens is 20. The molecule has 0 fully saturated rings. The SMILES string of the molecule is C.C1=C[CH+]C(=C(c2ccccc2)c2ccccc2)C=C1.CCCCCCCCCC[NH+](C)C.C[NH+](C)c1ccccc1.Cc1ccc([I+]c2ccc(C(C)C)cc2)cc1.[B-]c1c(F)c(F)c(F)c(F)c1F.[B-]c1c(F)c(F)c(F)c(F)c1F.[B-]c1c(F)c(F)c(F)c(F)c1F.[B]c1c(F)c(F)c(C)c(F)c1F. The van der Waals surface area contributed by atoms with Crippen LogP contribution in [0, 0.1) is 138 Å². The molecule has 9 aromatic carbocycles. The molecule has 1 aliphatic carbocycles. The highest BCUT2D eigenvalue weighted by Crippen LogP contribution is 2.30. The summed E-state index contributed by atoms with van der Waals surface area (Å²) in [7, 11) is 27.1. The molecule has 0 unspecified atom stereocenters. The largest absolute Gasteiger partial charge is 0.572 e. The van der Waals surface area contributed by atoms with Crippen molar-refractivity contribution in [1.82, 2.24) is 0 Å². The van der Waals surface area contributed by atoms with Gasteiger partial charge in [-0.1, -0.05) is 151 Å². The number of nitrogens with one attached hydrogen (secondary N) is 2. The van der Waals surface area contributed by atoms with Gasteiger partial charge < -0.3 is 33.3 Å². The summed E-state index contributed by atoms with van der Waals surface area (Å²) in [5.74, 6) is -36.3. The van der Waals surface area contributed by atoms with Crippen molar-refractivity contribution in [2.75, 3.05) is 34.7 Å². The summed E-state index contributed by atoms with van der Waals surface area (Å²) in [5, 5.41) is 0. The van der Waals surface area contributed by atoms with Gasteiger partial charge in [-0.25, -0.2) is 99.8 Å². The van der Waals surface area contributed by atoms with Crippen LogP contribution in [0.1, 0.15) is 113 Å². The van der Waals surface area contributed by atoms with Gasteiger partial charge in [0.15, 0.2) is 82.8 Å². The lowest BCUT2D eigenvalue weighted by atomic mass is 9.90. The molecule has 0 bridgehead atoms. The van der Waals surface area contributed by atoms with Crippen molar-refractivity contribution in [2.45, 2.75) is 99.3 Å². The molecule has 9 aromatic rings. The minimum atomic E-state index is -2.21. The van der Waals surface area contributed by atoms with E-state index in [1.54, 1.807) is 4.90 Å². The minimum absolute atomic E-state index is 0. The smallest absolute Gasteiger partial charge is 0.357 e. The van der Waals surface area contributed by atoms with E-state index in [4.69, 9.17) is 7.85 Å². The third-order valence-electron chi connectivity index (χ3n) is 15.1. The van der Waals surface area contributed by atoms with Crippen LogP contribution in [0.25, 0.3) is 5.57 Å². The summed E-state index contributed by atoms with van der Waals surface area (Å²) in [5.41, 5.74) is 3.19. The van der Waals surface area contributed by atoms with Crippen molar-refractivity contribution in [1.29, 1.82) is 0 Å². The number of allylic oxidation sites excluding steroid dienone is 5. The number of benzene rings is 9. The van der Waals surface area contributed by atoms with E-state index < -0.39 is 138 Å². The van der Waals surface area contributed by atoms with Crippen molar-refractivity contribution in [2.24, 2.45) is 0 Å². The second kappa shape index (κ2) is 48.1. The highest BCUT2D eigenvalue weighted by Gasteiger charge is 2.23. The molecule has 0 spiro atoms. The van der Waals surface area contributed by atoms with Crippen molar-refractivity contribution in [3.8, 4) is 0 Å². The Morgan fingerprint density at radius 1 is 0.411 bits per heavy atom. The van der Waals surface area contributed by atoms with Crippen molar-refractivity contribution < 1.29 is 114 Å². The summed E-state index contributed by atoms with van der Waals surface area (Å²) in [6.45, 7) is 11.2. The molecule has 0 saturated carbocycles. The molecule has 11 radical (unpaired) electrons. The van der Waals surface area contributed by atoms with Crippen LogP contribution < -0.4 is 52.9 Å². The average molecular weight is 1610 g/mol. The fraction of sp³-hybridized carbons (Fsp3) is 0.247. The molecular weight excluding hydrogens is 1530 g/mol. The number of quaternary nitrogens is 2. The molecule has 0 amide bonds. The summed E-state index contributed by atoms with van der Waals surface area (Å²) >= 11 is -0.0167. The molecule has 2 N–H and O–H groups in total. The van der Waals surface area contributed by atoms with Crippen LogP contribution in [-0.4, -0.2) is 66.1 Å². The van der Waals surface area contributed by atoms with Crippen LogP contribution in [-0.2, 0) is 0 Å². The van der Waals surface area contributed by atoms with Gasteiger partial charge in [0.1, 0.15) is 54.0 Å². The number of para-hydroxylation sites is 1. The third kappa shape index (κ3) is 29.6. The fourth-order valence-electron chi connectivity index (χ4n) is 8.96. The third-order valence-corrected chi connectivity index (χ3v) is 17.8. The van der Waals surface area contributed by atoms with Crippen LogP contribution in [0.2, 0.25) is 0 Å². The molecule has 2 nitrogen and oxygen atoms in total. The Morgan fingerprint density at radius 3 is 1.05 bits per heavy atom. The van der Waals surface area contributed by atoms with Crippen molar-refractivity contribution in [3.05, 3.63) is 321 Å². The Morgan fingerprint density at radius 2 is 0.738 bits per heavy atom. The maximum absolute atomic E-state index is 12.6. The quantitative estimate of drug-likeness (QED) is 0.0193. The van der Waals surface area contributed by atoms with Crippen molar-refractivity contribution >= 4 is 64.5 Å². The first-order chi connectivity index (χ1) is 50.0. The van der Waals surface area contributed by atoms with E-state index in [0.29, 0.717) is 5.92 Å². The van der Waals surface area contributed by atoms with E-state index in [2.05, 4.69) is 244 Å². The number of aryl methyl sites for hydroxylation is 1. The summed E-state index contributed by atoms with van der Waals surface area (Å²) in [6.07, 6.45) is 22.0. The maximum atomic E-state index is 12.6. The second-order valence-electron chi connectivity index (χ2n) is 24.1. The van der Waals surface area contributed by atoms with Crippen LogP contribution in [0.15, 0.2) is 169 Å². The van der Waals surface area contributed by atoms with Gasteiger partial charge in [0.2, 0.25) is 0 Å². The van der Waals surface area contributed by atoms with Gasteiger partial charge in [-0.3, -0.25) is 0 Å². The Balaban J connectivity index is 0.000000419. The van der Waals surface area contributed by atoms with Crippen LogP contribution in [0.3, 0.4) is 0 Å². The van der Waals surface area contributed by atoms with Gasteiger partial charge in [0.05, 0.1) is 40.3 Å². The Bertz CT molecular complexity index is 3590.